The average Bonchev–Trinajstić information content (AvgIpc) is 2.79. The molecule has 1 N–H and O–H groups in total. The first-order valence-electron chi connectivity index (χ1n) is 9.88. The van der Waals surface area contributed by atoms with Gasteiger partial charge in [-0.3, -0.25) is 4.72 Å². The zero-order valence-electron chi connectivity index (χ0n) is 16.6. The number of hydrogen-bond donors (Lipinski definition) is 1. The maximum atomic E-state index is 13.7. The topological polar surface area (TPSA) is 83.6 Å². The van der Waals surface area contributed by atoms with Crippen LogP contribution in [0.1, 0.15) is 0 Å². The molecule has 158 valence electrons. The predicted molar refractivity (Wildman–Crippen MR) is 124 cm³/mol. The predicted octanol–water partition coefficient (Wildman–Crippen LogP) is 4.98. The third kappa shape index (κ3) is 2.57. The number of benzene rings is 4. The number of para-hydroxylation sites is 1. The van der Waals surface area contributed by atoms with Crippen LogP contribution in [0.4, 0.5) is 17.1 Å². The highest BCUT2D eigenvalue weighted by Crippen LogP contribution is 2.48. The minimum Gasteiger partial charge on any atom is -0.279 e. The standard InChI is InChI=1S/C24H16N2O4S2/c27-31(28)23-11-5-2-9-19(23)20-15-16(13-14-21(20)25-31)26-22-10-4-1-7-17(22)18-8-3-6-12-24(18)32(26,29)30/h1-15,25H. The summed E-state index contributed by atoms with van der Waals surface area (Å²) in [5.41, 5.74) is 4.03. The van der Waals surface area contributed by atoms with Crippen LogP contribution in [0.3, 0.4) is 0 Å². The van der Waals surface area contributed by atoms with Gasteiger partial charge in [0, 0.05) is 22.3 Å². The van der Waals surface area contributed by atoms with Crippen LogP contribution in [0.25, 0.3) is 22.3 Å². The molecule has 0 atom stereocenters. The summed E-state index contributed by atoms with van der Waals surface area (Å²) >= 11 is 0. The third-order valence-electron chi connectivity index (χ3n) is 5.77. The summed E-state index contributed by atoms with van der Waals surface area (Å²) in [6.07, 6.45) is 0. The first-order valence-corrected chi connectivity index (χ1v) is 12.8. The highest BCUT2D eigenvalue weighted by Gasteiger charge is 2.36. The van der Waals surface area contributed by atoms with Crippen LogP contribution < -0.4 is 9.03 Å². The molecule has 0 aromatic heterocycles. The maximum Gasteiger partial charge on any atom is 0.269 e. The van der Waals surface area contributed by atoms with Crippen LogP contribution in [0.15, 0.2) is 101 Å². The van der Waals surface area contributed by atoms with Crippen LogP contribution in [-0.2, 0) is 20.0 Å². The van der Waals surface area contributed by atoms with Crippen molar-refractivity contribution < 1.29 is 16.8 Å². The molecule has 4 aromatic carbocycles. The molecule has 0 bridgehead atoms. The summed E-state index contributed by atoms with van der Waals surface area (Å²) in [4.78, 5) is 0.398. The van der Waals surface area contributed by atoms with Gasteiger partial charge in [0.25, 0.3) is 20.0 Å². The smallest absolute Gasteiger partial charge is 0.269 e. The molecule has 0 unspecified atom stereocenters. The van der Waals surface area contributed by atoms with Crippen molar-refractivity contribution in [3.63, 3.8) is 0 Å². The molecule has 0 saturated heterocycles. The lowest BCUT2D eigenvalue weighted by Crippen LogP contribution is -2.30. The SMILES string of the molecule is O=S1(=O)Nc2ccc(N3c4ccccc4-c4ccccc4S3(=O)=O)cc2-c2ccccc21. The van der Waals surface area contributed by atoms with Crippen molar-refractivity contribution in [2.24, 2.45) is 0 Å². The summed E-state index contributed by atoms with van der Waals surface area (Å²) in [5, 5.41) is 0. The van der Waals surface area contributed by atoms with Gasteiger partial charge in [0.15, 0.2) is 0 Å². The lowest BCUT2D eigenvalue weighted by atomic mass is 10.0. The van der Waals surface area contributed by atoms with E-state index < -0.39 is 20.0 Å². The summed E-state index contributed by atoms with van der Waals surface area (Å²) in [7, 11) is -7.57. The second-order valence-corrected chi connectivity index (χ2v) is 11.0. The van der Waals surface area contributed by atoms with Crippen LogP contribution >= 0.6 is 0 Å². The minimum atomic E-state index is -3.88. The largest absolute Gasteiger partial charge is 0.279 e. The van der Waals surface area contributed by atoms with Crippen molar-refractivity contribution in [2.45, 2.75) is 9.79 Å². The Labute approximate surface area is 185 Å². The molecule has 2 aliphatic heterocycles. The molecule has 0 fully saturated rings. The number of fused-ring (bicyclic) bond motifs is 6. The van der Waals surface area contributed by atoms with Crippen molar-refractivity contribution in [1.82, 2.24) is 0 Å². The van der Waals surface area contributed by atoms with Gasteiger partial charge in [0.1, 0.15) is 0 Å². The molecule has 6 nitrogen and oxygen atoms in total. The number of nitrogens with one attached hydrogen (secondary N) is 1. The van der Waals surface area contributed by atoms with Gasteiger partial charge < -0.3 is 0 Å². The Morgan fingerprint density at radius 2 is 1.19 bits per heavy atom. The normalized spacial score (nSPS) is 16.7. The van der Waals surface area contributed by atoms with Crippen LogP contribution in [0, 0.1) is 0 Å². The second kappa shape index (κ2) is 6.44. The van der Waals surface area contributed by atoms with Gasteiger partial charge in [-0.05, 0) is 36.4 Å². The highest BCUT2D eigenvalue weighted by atomic mass is 32.2. The summed E-state index contributed by atoms with van der Waals surface area (Å²) in [6.45, 7) is 0. The van der Waals surface area contributed by atoms with E-state index in [-0.39, 0.29) is 9.79 Å². The van der Waals surface area contributed by atoms with Crippen molar-refractivity contribution in [1.29, 1.82) is 0 Å². The van der Waals surface area contributed by atoms with Gasteiger partial charge in [0.2, 0.25) is 0 Å². The second-order valence-electron chi connectivity index (χ2n) is 7.61. The fourth-order valence-electron chi connectivity index (χ4n) is 4.39. The molecule has 2 aliphatic rings. The van der Waals surface area contributed by atoms with Gasteiger partial charge >= 0.3 is 0 Å². The van der Waals surface area contributed by atoms with Crippen LogP contribution in [0.2, 0.25) is 0 Å². The molecule has 0 spiro atoms. The van der Waals surface area contributed by atoms with E-state index in [0.717, 1.165) is 5.56 Å². The Morgan fingerprint density at radius 3 is 1.94 bits per heavy atom. The van der Waals surface area contributed by atoms with Gasteiger partial charge in [-0.15, -0.1) is 0 Å². The molecular formula is C24H16N2O4S2. The third-order valence-corrected chi connectivity index (χ3v) is 8.99. The summed E-state index contributed by atoms with van der Waals surface area (Å²) in [5.74, 6) is 0. The van der Waals surface area contributed by atoms with Crippen molar-refractivity contribution >= 4 is 37.1 Å². The van der Waals surface area contributed by atoms with Crippen molar-refractivity contribution in [3.05, 3.63) is 91.0 Å². The fraction of sp³-hybridized carbons (Fsp3) is 0. The molecule has 0 amide bonds. The zero-order valence-corrected chi connectivity index (χ0v) is 18.2. The van der Waals surface area contributed by atoms with Gasteiger partial charge in [-0.25, -0.2) is 21.1 Å². The number of nitrogens with zero attached hydrogens (tertiary/aromatic N) is 1. The number of rotatable bonds is 1. The fourth-order valence-corrected chi connectivity index (χ4v) is 7.41. The zero-order chi connectivity index (χ0) is 22.1. The Morgan fingerprint density at radius 1 is 0.594 bits per heavy atom. The maximum absolute atomic E-state index is 13.7. The summed E-state index contributed by atoms with van der Waals surface area (Å²) < 4.78 is 56.5. The lowest BCUT2D eigenvalue weighted by Gasteiger charge is -2.33. The van der Waals surface area contributed by atoms with E-state index in [9.17, 15) is 16.8 Å². The molecule has 6 rings (SSSR count). The molecule has 4 aromatic rings. The first kappa shape index (κ1) is 19.1. The van der Waals surface area contributed by atoms with Crippen LogP contribution in [0.5, 0.6) is 0 Å². The quantitative estimate of drug-likeness (QED) is 0.434. The molecular weight excluding hydrogens is 444 g/mol. The molecule has 0 radical (unpaired) electrons. The van der Waals surface area contributed by atoms with E-state index in [1.165, 1.54) is 10.4 Å². The van der Waals surface area contributed by atoms with Gasteiger partial charge in [0.05, 0.1) is 26.9 Å². The number of hydrogen-bond acceptors (Lipinski definition) is 4. The summed E-state index contributed by atoms with van der Waals surface area (Å²) in [6, 6.07) is 25.9. The number of anilines is 3. The van der Waals surface area contributed by atoms with Crippen LogP contribution in [-0.4, -0.2) is 16.8 Å². The number of sulfonamides is 2. The Bertz CT molecular complexity index is 1640. The molecule has 2 heterocycles. The lowest BCUT2D eigenvalue weighted by molar-refractivity contribution is 0.595. The van der Waals surface area contributed by atoms with Crippen molar-refractivity contribution in [2.75, 3.05) is 9.03 Å². The van der Waals surface area contributed by atoms with Crippen molar-refractivity contribution in [3.8, 4) is 22.3 Å². The molecule has 32 heavy (non-hydrogen) atoms. The molecule has 0 aliphatic carbocycles. The monoisotopic (exact) mass is 460 g/mol. The van der Waals surface area contributed by atoms with Gasteiger partial charge in [-0.2, -0.15) is 0 Å². The van der Waals surface area contributed by atoms with E-state index in [4.69, 9.17) is 0 Å². The molecule has 8 heteroatoms. The first-order chi connectivity index (χ1) is 15.4. The van der Waals surface area contributed by atoms with E-state index in [0.29, 0.717) is 33.8 Å². The van der Waals surface area contributed by atoms with E-state index in [1.807, 2.05) is 18.2 Å². The van der Waals surface area contributed by atoms with E-state index in [1.54, 1.807) is 66.7 Å². The Kier molecular flexibility index (Phi) is 3.84. The van der Waals surface area contributed by atoms with E-state index >= 15 is 0 Å². The Hall–Kier alpha value is -3.62. The molecule has 0 saturated carbocycles. The Balaban J connectivity index is 1.62. The van der Waals surface area contributed by atoms with E-state index in [2.05, 4.69) is 4.72 Å². The highest BCUT2D eigenvalue weighted by molar-refractivity contribution is 7.93. The minimum absolute atomic E-state index is 0.164. The van der Waals surface area contributed by atoms with Gasteiger partial charge in [-0.1, -0.05) is 54.6 Å². The average molecular weight is 461 g/mol.